The lowest BCUT2D eigenvalue weighted by atomic mass is 9.98. The van der Waals surface area contributed by atoms with Crippen LogP contribution >= 0.6 is 0 Å². The van der Waals surface area contributed by atoms with E-state index in [1.807, 2.05) is 0 Å². The standard InChI is InChI=1S/C11H22N2O/c1-2-3-4-10-7-13-6-5-12(10)8-11(13)9-14/h10-11,14H,2-9H2,1H3. The number of aliphatic hydroxyl groups is 1. The molecular formula is C11H22N2O. The van der Waals surface area contributed by atoms with Crippen LogP contribution in [0.3, 0.4) is 0 Å². The van der Waals surface area contributed by atoms with Gasteiger partial charge in [-0.15, -0.1) is 0 Å². The Morgan fingerprint density at radius 2 is 1.79 bits per heavy atom. The first-order chi connectivity index (χ1) is 6.85. The first kappa shape index (κ1) is 10.4. The summed E-state index contributed by atoms with van der Waals surface area (Å²) in [6.07, 6.45) is 3.98. The summed E-state index contributed by atoms with van der Waals surface area (Å²) >= 11 is 0. The van der Waals surface area contributed by atoms with Crippen LogP contribution in [0.2, 0.25) is 0 Å². The molecule has 3 fully saturated rings. The van der Waals surface area contributed by atoms with Gasteiger partial charge in [-0.25, -0.2) is 0 Å². The van der Waals surface area contributed by atoms with Crippen LogP contribution < -0.4 is 0 Å². The van der Waals surface area contributed by atoms with Gasteiger partial charge in [-0.2, -0.15) is 0 Å². The van der Waals surface area contributed by atoms with Crippen LogP contribution in [0.4, 0.5) is 0 Å². The lowest BCUT2D eigenvalue weighted by Crippen LogP contribution is -2.66. The first-order valence-corrected chi connectivity index (χ1v) is 5.94. The smallest absolute Gasteiger partial charge is 0.0599 e. The summed E-state index contributed by atoms with van der Waals surface area (Å²) in [4.78, 5) is 5.05. The van der Waals surface area contributed by atoms with E-state index >= 15 is 0 Å². The Hall–Kier alpha value is -0.120. The second kappa shape index (κ2) is 4.60. The van der Waals surface area contributed by atoms with E-state index < -0.39 is 0 Å². The summed E-state index contributed by atoms with van der Waals surface area (Å²) in [7, 11) is 0. The van der Waals surface area contributed by atoms with E-state index in [-0.39, 0.29) is 0 Å². The van der Waals surface area contributed by atoms with Crippen molar-refractivity contribution in [2.75, 3.05) is 32.8 Å². The maximum absolute atomic E-state index is 9.21. The number of rotatable bonds is 4. The molecule has 3 heterocycles. The van der Waals surface area contributed by atoms with E-state index in [0.29, 0.717) is 12.6 Å². The summed E-state index contributed by atoms with van der Waals surface area (Å²) in [5, 5.41) is 9.21. The van der Waals surface area contributed by atoms with E-state index in [2.05, 4.69) is 16.7 Å². The van der Waals surface area contributed by atoms with Crippen LogP contribution in [0.1, 0.15) is 26.2 Å². The van der Waals surface area contributed by atoms with E-state index in [0.717, 1.165) is 19.1 Å². The molecule has 14 heavy (non-hydrogen) atoms. The Kier molecular flexibility index (Phi) is 3.42. The molecule has 0 aromatic heterocycles. The third-order valence-corrected chi connectivity index (χ3v) is 3.70. The molecule has 0 aliphatic carbocycles. The zero-order valence-corrected chi connectivity index (χ0v) is 9.15. The van der Waals surface area contributed by atoms with Gasteiger partial charge in [0.15, 0.2) is 0 Å². The molecule has 0 radical (unpaired) electrons. The fourth-order valence-electron chi connectivity index (χ4n) is 2.76. The predicted molar refractivity (Wildman–Crippen MR) is 57.3 cm³/mol. The maximum Gasteiger partial charge on any atom is 0.0599 e. The van der Waals surface area contributed by atoms with Crippen LogP contribution in [0.5, 0.6) is 0 Å². The Bertz CT molecular complexity index is 186. The molecule has 3 heteroatoms. The van der Waals surface area contributed by atoms with Gasteiger partial charge in [-0.05, 0) is 6.42 Å². The molecule has 0 aromatic carbocycles. The third kappa shape index (κ3) is 1.95. The summed E-state index contributed by atoms with van der Waals surface area (Å²) in [6.45, 7) is 7.24. The Labute approximate surface area is 86.7 Å². The van der Waals surface area contributed by atoms with Gasteiger partial charge in [0, 0.05) is 38.3 Å². The molecule has 0 saturated carbocycles. The normalized spacial score (nSPS) is 41.6. The molecule has 3 aliphatic heterocycles. The highest BCUT2D eigenvalue weighted by atomic mass is 16.3. The predicted octanol–water partition coefficient (Wildman–Crippen LogP) is 0.537. The van der Waals surface area contributed by atoms with Crippen LogP contribution in [-0.4, -0.2) is 59.8 Å². The maximum atomic E-state index is 9.21. The minimum Gasteiger partial charge on any atom is -0.395 e. The number of nitrogens with zero attached hydrogens (tertiary/aromatic N) is 2. The first-order valence-electron chi connectivity index (χ1n) is 5.94. The molecule has 4 atom stereocenters. The van der Waals surface area contributed by atoms with E-state index in [1.165, 1.54) is 32.4 Å². The van der Waals surface area contributed by atoms with Crippen molar-refractivity contribution in [3.63, 3.8) is 0 Å². The minimum absolute atomic E-state index is 0.330. The largest absolute Gasteiger partial charge is 0.395 e. The quantitative estimate of drug-likeness (QED) is 0.714. The van der Waals surface area contributed by atoms with Gasteiger partial charge in [0.1, 0.15) is 0 Å². The molecule has 3 saturated heterocycles. The Morgan fingerprint density at radius 1 is 1.14 bits per heavy atom. The second-order valence-electron chi connectivity index (χ2n) is 4.62. The fourth-order valence-corrected chi connectivity index (χ4v) is 2.76. The molecule has 82 valence electrons. The number of hydrogen-bond donors (Lipinski definition) is 1. The molecule has 0 spiro atoms. The molecule has 1 N–H and O–H groups in total. The van der Waals surface area contributed by atoms with Gasteiger partial charge in [-0.1, -0.05) is 19.8 Å². The van der Waals surface area contributed by atoms with Gasteiger partial charge in [0.05, 0.1) is 6.61 Å². The van der Waals surface area contributed by atoms with Gasteiger partial charge in [0.2, 0.25) is 0 Å². The van der Waals surface area contributed by atoms with E-state index in [4.69, 9.17) is 0 Å². The summed E-state index contributed by atoms with van der Waals surface area (Å²) in [5.74, 6) is 0. The van der Waals surface area contributed by atoms with Crippen LogP contribution in [0.15, 0.2) is 0 Å². The number of aliphatic hydroxyl groups excluding tert-OH is 1. The van der Waals surface area contributed by atoms with Crippen molar-refractivity contribution < 1.29 is 5.11 Å². The van der Waals surface area contributed by atoms with Crippen molar-refractivity contribution in [2.45, 2.75) is 38.3 Å². The molecular weight excluding hydrogens is 176 g/mol. The average molecular weight is 198 g/mol. The van der Waals surface area contributed by atoms with Crippen molar-refractivity contribution in [2.24, 2.45) is 0 Å². The van der Waals surface area contributed by atoms with Gasteiger partial charge in [0.25, 0.3) is 0 Å². The molecule has 2 bridgehead atoms. The van der Waals surface area contributed by atoms with Crippen LogP contribution in [-0.2, 0) is 0 Å². The highest BCUT2D eigenvalue weighted by molar-refractivity contribution is 4.93. The average Bonchev–Trinajstić information content (AvgIpc) is 2.27. The monoisotopic (exact) mass is 198 g/mol. The molecule has 0 amide bonds. The van der Waals surface area contributed by atoms with E-state index in [9.17, 15) is 5.11 Å². The lowest BCUT2D eigenvalue weighted by molar-refractivity contribution is -0.0494. The highest BCUT2D eigenvalue weighted by Gasteiger charge is 2.37. The molecule has 4 unspecified atom stereocenters. The Balaban J connectivity index is 1.87. The lowest BCUT2D eigenvalue weighted by Gasteiger charge is -2.51. The number of hydrogen-bond acceptors (Lipinski definition) is 3. The summed E-state index contributed by atoms with van der Waals surface area (Å²) in [6, 6.07) is 1.19. The number of fused-ring (bicyclic) bond motifs is 3. The van der Waals surface area contributed by atoms with Crippen LogP contribution in [0, 0.1) is 0 Å². The van der Waals surface area contributed by atoms with Gasteiger partial charge >= 0.3 is 0 Å². The molecule has 3 aliphatic rings. The van der Waals surface area contributed by atoms with E-state index in [1.54, 1.807) is 0 Å². The minimum atomic E-state index is 0.330. The number of unbranched alkanes of at least 4 members (excludes halogenated alkanes) is 1. The molecule has 0 aromatic rings. The Morgan fingerprint density at radius 3 is 2.29 bits per heavy atom. The summed E-state index contributed by atoms with van der Waals surface area (Å²) in [5.41, 5.74) is 0. The zero-order chi connectivity index (χ0) is 9.97. The van der Waals surface area contributed by atoms with Crippen molar-refractivity contribution >= 4 is 0 Å². The summed E-state index contributed by atoms with van der Waals surface area (Å²) < 4.78 is 0. The van der Waals surface area contributed by atoms with Gasteiger partial charge < -0.3 is 5.11 Å². The zero-order valence-electron chi connectivity index (χ0n) is 9.15. The SMILES string of the molecule is CCCCC1CN2CCN1CC2CO. The molecule has 3 rings (SSSR count). The second-order valence-corrected chi connectivity index (χ2v) is 4.62. The van der Waals surface area contributed by atoms with Crippen LogP contribution in [0.25, 0.3) is 0 Å². The van der Waals surface area contributed by atoms with Crippen molar-refractivity contribution in [1.82, 2.24) is 9.80 Å². The number of piperazine rings is 3. The fraction of sp³-hybridized carbons (Fsp3) is 1.00. The molecule has 3 nitrogen and oxygen atoms in total. The van der Waals surface area contributed by atoms with Crippen molar-refractivity contribution in [3.05, 3.63) is 0 Å². The third-order valence-electron chi connectivity index (χ3n) is 3.70. The van der Waals surface area contributed by atoms with Crippen molar-refractivity contribution in [3.8, 4) is 0 Å². The van der Waals surface area contributed by atoms with Crippen molar-refractivity contribution in [1.29, 1.82) is 0 Å². The highest BCUT2D eigenvalue weighted by Crippen LogP contribution is 2.23. The topological polar surface area (TPSA) is 26.7 Å². The van der Waals surface area contributed by atoms with Gasteiger partial charge in [-0.3, -0.25) is 9.80 Å².